The second kappa shape index (κ2) is 9.22. The van der Waals surface area contributed by atoms with Gasteiger partial charge >= 0.3 is 0 Å². The van der Waals surface area contributed by atoms with Gasteiger partial charge in [0.2, 0.25) is 11.8 Å². The number of thioether (sulfide) groups is 1. The van der Waals surface area contributed by atoms with E-state index < -0.39 is 0 Å². The SMILES string of the molecule is COc1ccc2cc(CN(C)C(=O)CSc3nnc(-c4ccc(C)cc4)o3)ccc2c1. The molecule has 0 aliphatic rings. The van der Waals surface area contributed by atoms with Crippen LogP contribution >= 0.6 is 11.8 Å². The van der Waals surface area contributed by atoms with Crippen molar-refractivity contribution < 1.29 is 13.9 Å². The van der Waals surface area contributed by atoms with E-state index in [4.69, 9.17) is 9.15 Å². The highest BCUT2D eigenvalue weighted by Crippen LogP contribution is 2.25. The van der Waals surface area contributed by atoms with Crippen molar-refractivity contribution in [1.29, 1.82) is 0 Å². The lowest BCUT2D eigenvalue weighted by Crippen LogP contribution is -2.27. The third-order valence-electron chi connectivity index (χ3n) is 4.98. The number of hydrogen-bond donors (Lipinski definition) is 0. The van der Waals surface area contributed by atoms with Gasteiger partial charge in [0.25, 0.3) is 5.22 Å². The van der Waals surface area contributed by atoms with Crippen molar-refractivity contribution in [1.82, 2.24) is 15.1 Å². The third kappa shape index (κ3) is 5.06. The Morgan fingerprint density at radius 1 is 1.03 bits per heavy atom. The maximum atomic E-state index is 12.6. The van der Waals surface area contributed by atoms with Crippen LogP contribution in [0.1, 0.15) is 11.1 Å². The number of rotatable bonds is 7. The average molecular weight is 434 g/mol. The minimum Gasteiger partial charge on any atom is -0.497 e. The largest absolute Gasteiger partial charge is 0.497 e. The summed E-state index contributed by atoms with van der Waals surface area (Å²) in [5.41, 5.74) is 3.10. The molecule has 0 radical (unpaired) electrons. The number of hydrogen-bond acceptors (Lipinski definition) is 6. The first-order valence-electron chi connectivity index (χ1n) is 9.86. The Kier molecular flexibility index (Phi) is 6.23. The Balaban J connectivity index is 1.34. The molecule has 0 saturated heterocycles. The van der Waals surface area contributed by atoms with Crippen LogP contribution in [0.3, 0.4) is 0 Å². The van der Waals surface area contributed by atoms with E-state index in [0.29, 0.717) is 17.7 Å². The van der Waals surface area contributed by atoms with Gasteiger partial charge < -0.3 is 14.1 Å². The number of carbonyl (C=O) groups is 1. The van der Waals surface area contributed by atoms with Gasteiger partial charge in [-0.05, 0) is 53.6 Å². The molecule has 6 nitrogen and oxygen atoms in total. The Morgan fingerprint density at radius 3 is 2.55 bits per heavy atom. The van der Waals surface area contributed by atoms with Crippen LogP contribution in [0, 0.1) is 6.92 Å². The molecule has 3 aromatic carbocycles. The van der Waals surface area contributed by atoms with Crippen molar-refractivity contribution in [2.45, 2.75) is 18.7 Å². The Morgan fingerprint density at radius 2 is 1.77 bits per heavy atom. The van der Waals surface area contributed by atoms with Crippen LogP contribution in [-0.4, -0.2) is 40.9 Å². The van der Waals surface area contributed by atoms with Crippen molar-refractivity contribution in [3.63, 3.8) is 0 Å². The van der Waals surface area contributed by atoms with Gasteiger partial charge in [0.1, 0.15) is 5.75 Å². The first kappa shape index (κ1) is 20.9. The zero-order chi connectivity index (χ0) is 21.8. The number of amides is 1. The average Bonchev–Trinajstić information content (AvgIpc) is 3.26. The predicted octanol–water partition coefficient (Wildman–Crippen LogP) is 4.96. The number of fused-ring (bicyclic) bond motifs is 1. The van der Waals surface area contributed by atoms with Crippen molar-refractivity contribution in [2.75, 3.05) is 19.9 Å². The van der Waals surface area contributed by atoms with Gasteiger partial charge in [0.15, 0.2) is 0 Å². The van der Waals surface area contributed by atoms with E-state index in [1.165, 1.54) is 11.8 Å². The summed E-state index contributed by atoms with van der Waals surface area (Å²) in [6, 6.07) is 20.0. The fraction of sp³-hybridized carbons (Fsp3) is 0.208. The summed E-state index contributed by atoms with van der Waals surface area (Å²) in [5, 5.41) is 10.7. The van der Waals surface area contributed by atoms with Crippen molar-refractivity contribution >= 4 is 28.4 Å². The minimum atomic E-state index is -0.00471. The van der Waals surface area contributed by atoms with E-state index in [-0.39, 0.29) is 11.7 Å². The Hall–Kier alpha value is -3.32. The van der Waals surface area contributed by atoms with Crippen molar-refractivity contribution in [3.8, 4) is 17.2 Å². The van der Waals surface area contributed by atoms with Crippen LogP contribution in [0.2, 0.25) is 0 Å². The molecule has 0 fully saturated rings. The van der Waals surface area contributed by atoms with E-state index in [1.54, 1.807) is 19.1 Å². The monoisotopic (exact) mass is 433 g/mol. The molecule has 1 aromatic heterocycles. The minimum absolute atomic E-state index is 0.00471. The normalized spacial score (nSPS) is 10.9. The number of benzene rings is 3. The second-order valence-electron chi connectivity index (χ2n) is 7.33. The van der Waals surface area contributed by atoms with Crippen LogP contribution in [0.25, 0.3) is 22.2 Å². The molecule has 4 rings (SSSR count). The summed E-state index contributed by atoms with van der Waals surface area (Å²) in [7, 11) is 3.46. The van der Waals surface area contributed by atoms with Crippen LogP contribution < -0.4 is 4.74 Å². The maximum absolute atomic E-state index is 12.6. The lowest BCUT2D eigenvalue weighted by Gasteiger charge is -2.17. The summed E-state index contributed by atoms with van der Waals surface area (Å²) in [5.74, 6) is 1.51. The van der Waals surface area contributed by atoms with Gasteiger partial charge in [-0.15, -0.1) is 10.2 Å². The molecular weight excluding hydrogens is 410 g/mol. The van der Waals surface area contributed by atoms with Gasteiger partial charge in [0, 0.05) is 19.2 Å². The molecule has 31 heavy (non-hydrogen) atoms. The van der Waals surface area contributed by atoms with E-state index in [2.05, 4.69) is 16.3 Å². The molecule has 0 bridgehead atoms. The van der Waals surface area contributed by atoms with Gasteiger partial charge in [-0.1, -0.05) is 47.7 Å². The van der Waals surface area contributed by atoms with Gasteiger partial charge in [-0.2, -0.15) is 0 Å². The molecule has 4 aromatic rings. The number of aromatic nitrogens is 2. The van der Waals surface area contributed by atoms with Crippen LogP contribution in [0.5, 0.6) is 5.75 Å². The van der Waals surface area contributed by atoms with Crippen molar-refractivity contribution in [2.24, 2.45) is 0 Å². The lowest BCUT2D eigenvalue weighted by atomic mass is 10.1. The Bertz CT molecular complexity index is 1200. The zero-order valence-electron chi connectivity index (χ0n) is 17.7. The van der Waals surface area contributed by atoms with Crippen molar-refractivity contribution in [3.05, 3.63) is 71.8 Å². The van der Waals surface area contributed by atoms with E-state index in [9.17, 15) is 4.79 Å². The van der Waals surface area contributed by atoms with E-state index >= 15 is 0 Å². The van der Waals surface area contributed by atoms with Gasteiger partial charge in [-0.25, -0.2) is 0 Å². The predicted molar refractivity (Wildman–Crippen MR) is 122 cm³/mol. The number of ether oxygens (including phenoxy) is 1. The molecule has 1 amide bonds. The zero-order valence-corrected chi connectivity index (χ0v) is 18.5. The highest BCUT2D eigenvalue weighted by molar-refractivity contribution is 7.99. The van der Waals surface area contributed by atoms with E-state index in [1.807, 2.05) is 61.5 Å². The standard InChI is InChI=1S/C24H23N3O3S/c1-16-4-7-18(8-5-16)23-25-26-24(30-23)31-15-22(28)27(2)14-17-6-9-20-13-21(29-3)11-10-19(20)12-17/h4-13H,14-15H2,1-3H3. The molecule has 1 heterocycles. The number of aryl methyl sites for hydroxylation is 1. The van der Waals surface area contributed by atoms with Gasteiger partial charge in [0.05, 0.1) is 12.9 Å². The van der Waals surface area contributed by atoms with Gasteiger partial charge in [-0.3, -0.25) is 4.79 Å². The Labute approximate surface area is 185 Å². The quantitative estimate of drug-likeness (QED) is 0.384. The fourth-order valence-corrected chi connectivity index (χ4v) is 3.88. The van der Waals surface area contributed by atoms with E-state index in [0.717, 1.165) is 33.2 Å². The molecule has 0 N–H and O–H groups in total. The summed E-state index contributed by atoms with van der Waals surface area (Å²) in [6.45, 7) is 2.55. The maximum Gasteiger partial charge on any atom is 0.277 e. The molecular formula is C24H23N3O3S. The topological polar surface area (TPSA) is 68.5 Å². The molecule has 0 unspecified atom stereocenters. The number of nitrogens with zero attached hydrogens (tertiary/aromatic N) is 3. The first-order valence-corrected chi connectivity index (χ1v) is 10.8. The summed E-state index contributed by atoms with van der Waals surface area (Å²) in [6.07, 6.45) is 0. The number of methoxy groups -OCH3 is 1. The van der Waals surface area contributed by atoms with Crippen LogP contribution in [0.15, 0.2) is 70.3 Å². The number of carbonyl (C=O) groups excluding carboxylic acids is 1. The lowest BCUT2D eigenvalue weighted by molar-refractivity contribution is -0.127. The van der Waals surface area contributed by atoms with Crippen LogP contribution in [-0.2, 0) is 11.3 Å². The molecule has 0 saturated carbocycles. The summed E-state index contributed by atoms with van der Waals surface area (Å²) in [4.78, 5) is 14.3. The highest BCUT2D eigenvalue weighted by atomic mass is 32.2. The first-order chi connectivity index (χ1) is 15.0. The molecule has 0 aliphatic heterocycles. The van der Waals surface area contributed by atoms with Crippen LogP contribution in [0.4, 0.5) is 0 Å². The fourth-order valence-electron chi connectivity index (χ4n) is 3.18. The molecule has 158 valence electrons. The molecule has 0 atom stereocenters. The molecule has 7 heteroatoms. The second-order valence-corrected chi connectivity index (χ2v) is 8.25. The molecule has 0 spiro atoms. The smallest absolute Gasteiger partial charge is 0.277 e. The third-order valence-corrected chi connectivity index (χ3v) is 5.78. The summed E-state index contributed by atoms with van der Waals surface area (Å²) < 4.78 is 11.0. The summed E-state index contributed by atoms with van der Waals surface area (Å²) >= 11 is 1.25. The molecule has 0 aliphatic carbocycles. The highest BCUT2D eigenvalue weighted by Gasteiger charge is 2.14.